The molecule has 0 aliphatic heterocycles. The van der Waals surface area contributed by atoms with Gasteiger partial charge in [-0.2, -0.15) is 0 Å². The topological polar surface area (TPSA) is 47.0 Å². The maximum Gasteiger partial charge on any atom is 0.321 e. The van der Waals surface area contributed by atoms with E-state index < -0.39 is 0 Å². The summed E-state index contributed by atoms with van der Waals surface area (Å²) in [6.45, 7) is 4.15. The van der Waals surface area contributed by atoms with Crippen molar-refractivity contribution in [1.82, 2.24) is 15.3 Å². The molecule has 0 saturated carbocycles. The first-order chi connectivity index (χ1) is 10.4. The Morgan fingerprint density at radius 3 is 2.71 bits per heavy atom. The van der Waals surface area contributed by atoms with Gasteiger partial charge in [0.1, 0.15) is 5.75 Å². The molecule has 1 aromatic carbocycles. The third-order valence-corrected chi connectivity index (χ3v) is 3.19. The quantitative estimate of drug-likeness (QED) is 0.709. The number of hydrogen-bond acceptors (Lipinski definition) is 4. The van der Waals surface area contributed by atoms with Gasteiger partial charge in [0.2, 0.25) is 0 Å². The van der Waals surface area contributed by atoms with E-state index in [-0.39, 0.29) is 0 Å². The van der Waals surface area contributed by atoms with Gasteiger partial charge in [-0.25, -0.2) is 9.97 Å². The Morgan fingerprint density at radius 2 is 1.90 bits per heavy atom. The molecule has 1 aromatic heterocycles. The van der Waals surface area contributed by atoms with Crippen molar-refractivity contribution >= 4 is 0 Å². The fraction of sp³-hybridized carbons (Fsp3) is 0.412. The van der Waals surface area contributed by atoms with E-state index in [4.69, 9.17) is 4.74 Å². The largest absolute Gasteiger partial charge is 0.424 e. The highest BCUT2D eigenvalue weighted by molar-refractivity contribution is 5.30. The summed E-state index contributed by atoms with van der Waals surface area (Å²) in [6, 6.07) is 10.2. The van der Waals surface area contributed by atoms with Crippen molar-refractivity contribution in [3.05, 3.63) is 48.3 Å². The monoisotopic (exact) mass is 285 g/mol. The lowest BCUT2D eigenvalue weighted by Crippen LogP contribution is -2.14. The van der Waals surface area contributed by atoms with Gasteiger partial charge in [0.25, 0.3) is 0 Å². The van der Waals surface area contributed by atoms with Crippen molar-refractivity contribution < 1.29 is 4.74 Å². The second kappa shape index (κ2) is 9.08. The summed E-state index contributed by atoms with van der Waals surface area (Å²) in [6.07, 6.45) is 8.48. The number of benzene rings is 1. The maximum absolute atomic E-state index is 5.63. The molecule has 0 aliphatic carbocycles. The minimum Gasteiger partial charge on any atom is -0.424 e. The highest BCUT2D eigenvalue weighted by Gasteiger charge is 2.00. The summed E-state index contributed by atoms with van der Waals surface area (Å²) in [5, 5.41) is 3.46. The average Bonchev–Trinajstić information content (AvgIpc) is 2.52. The predicted octanol–water partition coefficient (Wildman–Crippen LogP) is 3.94. The predicted molar refractivity (Wildman–Crippen MR) is 84.4 cm³/mol. The summed E-state index contributed by atoms with van der Waals surface area (Å²) in [5.74, 6) is 0.770. The van der Waals surface area contributed by atoms with Crippen LogP contribution in [0.2, 0.25) is 0 Å². The van der Waals surface area contributed by atoms with Crippen molar-refractivity contribution in [2.45, 2.75) is 39.2 Å². The van der Waals surface area contributed by atoms with Gasteiger partial charge in [-0.05, 0) is 36.7 Å². The average molecular weight is 285 g/mol. The lowest BCUT2D eigenvalue weighted by atomic mass is 10.2. The number of nitrogens with zero attached hydrogens (tertiary/aromatic N) is 2. The zero-order valence-corrected chi connectivity index (χ0v) is 12.6. The Morgan fingerprint density at radius 1 is 1.05 bits per heavy atom. The van der Waals surface area contributed by atoms with Crippen molar-refractivity contribution in [1.29, 1.82) is 0 Å². The Hall–Kier alpha value is -1.94. The second-order valence-electron chi connectivity index (χ2n) is 5.02. The van der Waals surface area contributed by atoms with E-state index in [0.717, 1.165) is 18.8 Å². The number of aromatic nitrogens is 2. The van der Waals surface area contributed by atoms with E-state index in [1.54, 1.807) is 18.5 Å². The van der Waals surface area contributed by atoms with E-state index in [1.165, 1.54) is 31.2 Å². The Kier molecular flexibility index (Phi) is 6.68. The smallest absolute Gasteiger partial charge is 0.321 e. The van der Waals surface area contributed by atoms with Crippen LogP contribution in [0.3, 0.4) is 0 Å². The SMILES string of the molecule is CCCCCCNCc1cccc(Oc2ncccn2)c1. The number of rotatable bonds is 9. The number of unbranched alkanes of at least 4 members (excludes halogenated alkanes) is 3. The van der Waals surface area contributed by atoms with Gasteiger partial charge in [0.05, 0.1) is 0 Å². The molecule has 0 radical (unpaired) electrons. The van der Waals surface area contributed by atoms with E-state index >= 15 is 0 Å². The van der Waals surface area contributed by atoms with Crippen LogP contribution >= 0.6 is 0 Å². The summed E-state index contributed by atoms with van der Waals surface area (Å²) in [7, 11) is 0. The Bertz CT molecular complexity index is 516. The van der Waals surface area contributed by atoms with Crippen LogP contribution in [0.1, 0.15) is 38.2 Å². The molecular weight excluding hydrogens is 262 g/mol. The van der Waals surface area contributed by atoms with Gasteiger partial charge in [-0.15, -0.1) is 0 Å². The van der Waals surface area contributed by atoms with Crippen molar-refractivity contribution in [2.24, 2.45) is 0 Å². The van der Waals surface area contributed by atoms with Gasteiger partial charge >= 0.3 is 6.01 Å². The summed E-state index contributed by atoms with van der Waals surface area (Å²) < 4.78 is 5.63. The van der Waals surface area contributed by atoms with Gasteiger partial charge in [-0.3, -0.25) is 0 Å². The molecule has 1 N–H and O–H groups in total. The molecule has 0 amide bonds. The minimum atomic E-state index is 0.377. The van der Waals surface area contributed by atoms with Gasteiger partial charge in [0, 0.05) is 18.9 Å². The molecule has 2 aromatic rings. The molecular formula is C17H23N3O. The number of nitrogens with one attached hydrogen (secondary N) is 1. The highest BCUT2D eigenvalue weighted by Crippen LogP contribution is 2.18. The molecule has 2 rings (SSSR count). The Labute approximate surface area is 126 Å². The molecule has 0 atom stereocenters. The van der Waals surface area contributed by atoms with Crippen LogP contribution in [-0.2, 0) is 6.54 Å². The minimum absolute atomic E-state index is 0.377. The first kappa shape index (κ1) is 15.4. The van der Waals surface area contributed by atoms with Crippen LogP contribution in [0, 0.1) is 0 Å². The lowest BCUT2D eigenvalue weighted by Gasteiger charge is -2.07. The molecule has 0 bridgehead atoms. The molecule has 1 heterocycles. The molecule has 4 nitrogen and oxygen atoms in total. The van der Waals surface area contributed by atoms with Crippen LogP contribution in [0.5, 0.6) is 11.8 Å². The fourth-order valence-electron chi connectivity index (χ4n) is 2.07. The molecule has 0 spiro atoms. The molecule has 0 aliphatic rings. The summed E-state index contributed by atoms with van der Waals surface area (Å²) >= 11 is 0. The van der Waals surface area contributed by atoms with Crippen molar-refractivity contribution in [3.8, 4) is 11.8 Å². The first-order valence-corrected chi connectivity index (χ1v) is 7.63. The molecule has 4 heteroatoms. The van der Waals surface area contributed by atoms with Crippen molar-refractivity contribution in [2.75, 3.05) is 6.54 Å². The molecule has 0 unspecified atom stereocenters. The third-order valence-electron chi connectivity index (χ3n) is 3.19. The standard InChI is InChI=1S/C17H23N3O/c1-2-3-4-5-10-18-14-15-8-6-9-16(13-15)21-17-19-11-7-12-20-17/h6-9,11-13,18H,2-5,10,14H2,1H3. The fourth-order valence-corrected chi connectivity index (χ4v) is 2.07. The summed E-state index contributed by atoms with van der Waals surface area (Å²) in [4.78, 5) is 8.12. The molecule has 112 valence electrons. The highest BCUT2D eigenvalue weighted by atomic mass is 16.5. The summed E-state index contributed by atoms with van der Waals surface area (Å²) in [5.41, 5.74) is 1.21. The third kappa shape index (κ3) is 5.92. The van der Waals surface area contributed by atoms with E-state index in [9.17, 15) is 0 Å². The van der Waals surface area contributed by atoms with Crippen molar-refractivity contribution in [3.63, 3.8) is 0 Å². The normalized spacial score (nSPS) is 10.5. The van der Waals surface area contributed by atoms with Crippen LogP contribution in [0.4, 0.5) is 0 Å². The second-order valence-corrected chi connectivity index (χ2v) is 5.02. The van der Waals surface area contributed by atoms with Gasteiger partial charge in [0.15, 0.2) is 0 Å². The van der Waals surface area contributed by atoms with Crippen LogP contribution in [0.25, 0.3) is 0 Å². The maximum atomic E-state index is 5.63. The number of hydrogen-bond donors (Lipinski definition) is 1. The molecule has 0 fully saturated rings. The van der Waals surface area contributed by atoms with Crippen LogP contribution < -0.4 is 10.1 Å². The lowest BCUT2D eigenvalue weighted by molar-refractivity contribution is 0.441. The Balaban J connectivity index is 1.78. The van der Waals surface area contributed by atoms with E-state index in [1.807, 2.05) is 18.2 Å². The van der Waals surface area contributed by atoms with Gasteiger partial charge < -0.3 is 10.1 Å². The zero-order valence-electron chi connectivity index (χ0n) is 12.6. The van der Waals surface area contributed by atoms with Gasteiger partial charge in [-0.1, -0.05) is 38.3 Å². The number of ether oxygens (including phenoxy) is 1. The zero-order chi connectivity index (χ0) is 14.8. The van der Waals surface area contributed by atoms with E-state index in [0.29, 0.717) is 6.01 Å². The van der Waals surface area contributed by atoms with Crippen LogP contribution in [-0.4, -0.2) is 16.5 Å². The molecule has 21 heavy (non-hydrogen) atoms. The first-order valence-electron chi connectivity index (χ1n) is 7.63. The van der Waals surface area contributed by atoms with Crippen LogP contribution in [0.15, 0.2) is 42.7 Å². The van der Waals surface area contributed by atoms with E-state index in [2.05, 4.69) is 28.3 Å². The molecule has 0 saturated heterocycles.